The number of halogens is 3. The lowest BCUT2D eigenvalue weighted by molar-refractivity contribution is -0.140. The highest BCUT2D eigenvalue weighted by molar-refractivity contribution is 5.98. The van der Waals surface area contributed by atoms with E-state index >= 15 is 0 Å². The summed E-state index contributed by atoms with van der Waals surface area (Å²) in [4.78, 5) is 27.1. The summed E-state index contributed by atoms with van der Waals surface area (Å²) < 4.78 is 50.9. The molecule has 0 aliphatic carbocycles. The summed E-state index contributed by atoms with van der Waals surface area (Å²) in [6.07, 6.45) is 1.49. The molecule has 210 valence electrons. The molecule has 1 amide bonds. The highest BCUT2D eigenvalue weighted by Crippen LogP contribution is 2.37. The number of carbonyl (C=O) groups is 1. The molecule has 0 fully saturated rings. The number of rotatable bonds is 12. The van der Waals surface area contributed by atoms with Gasteiger partial charge in [0, 0.05) is 36.8 Å². The van der Waals surface area contributed by atoms with E-state index in [-0.39, 0.29) is 47.1 Å². The van der Waals surface area contributed by atoms with E-state index < -0.39 is 11.9 Å². The van der Waals surface area contributed by atoms with Crippen molar-refractivity contribution in [1.29, 1.82) is 0 Å². The molecule has 1 atom stereocenters. The Morgan fingerprint density at radius 3 is 2.69 bits per heavy atom. The summed E-state index contributed by atoms with van der Waals surface area (Å²) in [7, 11) is 2.99. The Morgan fingerprint density at radius 1 is 1.28 bits per heavy atom. The van der Waals surface area contributed by atoms with Crippen LogP contribution in [0.3, 0.4) is 0 Å². The third-order valence-electron chi connectivity index (χ3n) is 6.07. The monoisotopic (exact) mass is 547 g/mol. The largest absolute Gasteiger partial charge is 0.494 e. The number of nitrogens with two attached hydrogens (primary N) is 2. The summed E-state index contributed by atoms with van der Waals surface area (Å²) in [5.41, 5.74) is 10.4. The van der Waals surface area contributed by atoms with E-state index in [1.807, 2.05) is 6.92 Å². The molecule has 3 aromatic rings. The van der Waals surface area contributed by atoms with Crippen LogP contribution in [-0.4, -0.2) is 60.4 Å². The van der Waals surface area contributed by atoms with Crippen molar-refractivity contribution in [1.82, 2.24) is 20.2 Å². The second-order valence-corrected chi connectivity index (χ2v) is 8.60. The molecule has 1 aromatic carbocycles. The van der Waals surface area contributed by atoms with Crippen molar-refractivity contribution in [3.05, 3.63) is 53.7 Å². The zero-order chi connectivity index (χ0) is 28.6. The van der Waals surface area contributed by atoms with E-state index in [1.165, 1.54) is 30.3 Å². The van der Waals surface area contributed by atoms with Gasteiger partial charge in [-0.25, -0.2) is 9.97 Å². The molecule has 2 heterocycles. The van der Waals surface area contributed by atoms with Gasteiger partial charge < -0.3 is 25.5 Å². The second kappa shape index (κ2) is 13.2. The van der Waals surface area contributed by atoms with Crippen molar-refractivity contribution in [3.8, 4) is 17.2 Å². The summed E-state index contributed by atoms with van der Waals surface area (Å²) in [5.74, 6) is -0.0270. The number of alkyl halides is 3. The van der Waals surface area contributed by atoms with Crippen molar-refractivity contribution in [2.75, 3.05) is 27.4 Å². The van der Waals surface area contributed by atoms with E-state index in [1.54, 1.807) is 25.4 Å². The molecule has 0 aliphatic rings. The molecule has 0 bridgehead atoms. The number of amides is 1. The Bertz CT molecular complexity index is 1340. The van der Waals surface area contributed by atoms with Crippen molar-refractivity contribution in [3.63, 3.8) is 0 Å². The fraction of sp³-hybridized carbons (Fsp3) is 0.385. The first-order valence-corrected chi connectivity index (χ1v) is 12.2. The number of ether oxygens (including phenoxy) is 1. The number of hydrogen-bond donors (Lipinski definition) is 3. The lowest BCUT2D eigenvalue weighted by atomic mass is 10.1. The van der Waals surface area contributed by atoms with Gasteiger partial charge in [-0.2, -0.15) is 13.2 Å². The number of oxazole rings is 1. The van der Waals surface area contributed by atoms with E-state index in [0.717, 1.165) is 12.5 Å². The van der Waals surface area contributed by atoms with Gasteiger partial charge in [0.2, 0.25) is 5.89 Å². The lowest BCUT2D eigenvalue weighted by Gasteiger charge is -2.21. The van der Waals surface area contributed by atoms with Gasteiger partial charge >= 0.3 is 6.18 Å². The molecular formula is C26H32F3N7O3. The van der Waals surface area contributed by atoms with E-state index in [9.17, 15) is 18.0 Å². The van der Waals surface area contributed by atoms with Crippen molar-refractivity contribution in [2.45, 2.75) is 38.5 Å². The van der Waals surface area contributed by atoms with E-state index in [4.69, 9.17) is 20.6 Å². The third-order valence-corrected chi connectivity index (χ3v) is 6.07. The Hall–Kier alpha value is -3.97. The summed E-state index contributed by atoms with van der Waals surface area (Å²) >= 11 is 0. The number of methoxy groups -OCH3 is 1. The average molecular weight is 548 g/mol. The summed E-state index contributed by atoms with van der Waals surface area (Å²) in [6, 6.07) is 5.33. The molecule has 5 N–H and O–H groups in total. The maximum atomic E-state index is 13.3. The van der Waals surface area contributed by atoms with Crippen LogP contribution < -0.4 is 21.5 Å². The number of nitrogens with zero attached hydrogens (tertiary/aromatic N) is 4. The minimum Gasteiger partial charge on any atom is -0.494 e. The molecule has 39 heavy (non-hydrogen) atoms. The number of fused-ring (bicyclic) bond motifs is 1. The third kappa shape index (κ3) is 7.12. The number of aliphatic imine (C=N–C) groups is 1. The van der Waals surface area contributed by atoms with Crippen LogP contribution in [0.5, 0.6) is 5.75 Å². The first kappa shape index (κ1) is 29.6. The number of benzene rings is 1. The van der Waals surface area contributed by atoms with E-state index in [2.05, 4.69) is 20.3 Å². The zero-order valence-corrected chi connectivity index (χ0v) is 22.0. The first-order valence-electron chi connectivity index (χ1n) is 12.2. The first-order chi connectivity index (χ1) is 18.6. The van der Waals surface area contributed by atoms with Crippen LogP contribution in [-0.2, 0) is 12.7 Å². The fourth-order valence-electron chi connectivity index (χ4n) is 3.90. The number of aromatic nitrogens is 2. The van der Waals surface area contributed by atoms with Crippen molar-refractivity contribution < 1.29 is 27.1 Å². The predicted molar refractivity (Wildman–Crippen MR) is 142 cm³/mol. The van der Waals surface area contributed by atoms with Crippen LogP contribution in [0.2, 0.25) is 0 Å². The normalized spacial score (nSPS) is 13.0. The molecule has 10 nitrogen and oxygen atoms in total. The lowest BCUT2D eigenvalue weighted by Crippen LogP contribution is -2.35. The maximum absolute atomic E-state index is 13.3. The van der Waals surface area contributed by atoms with Crippen LogP contribution >= 0.6 is 0 Å². The Kier molecular flexibility index (Phi) is 10.0. The van der Waals surface area contributed by atoms with Gasteiger partial charge in [0.15, 0.2) is 11.5 Å². The van der Waals surface area contributed by atoms with Crippen molar-refractivity contribution in [2.24, 2.45) is 16.5 Å². The molecule has 0 saturated heterocycles. The molecular weight excluding hydrogens is 515 g/mol. The molecule has 0 saturated carbocycles. The number of nitrogens with one attached hydrogen (secondary N) is 1. The van der Waals surface area contributed by atoms with Gasteiger partial charge in [-0.3, -0.25) is 15.1 Å². The van der Waals surface area contributed by atoms with Gasteiger partial charge in [-0.1, -0.05) is 6.92 Å². The average Bonchev–Trinajstić information content (AvgIpc) is 3.36. The van der Waals surface area contributed by atoms with Crippen molar-refractivity contribution >= 4 is 23.0 Å². The molecule has 0 aliphatic heterocycles. The summed E-state index contributed by atoms with van der Waals surface area (Å²) in [5, 5.41) is 3.62. The quantitative estimate of drug-likeness (QED) is 0.291. The number of allylic oxidation sites excluding steroid dienone is 1. The molecule has 0 radical (unpaired) electrons. The fourth-order valence-corrected chi connectivity index (χ4v) is 3.90. The number of pyridine rings is 1. The molecule has 0 spiro atoms. The number of hydrogen-bond acceptors (Lipinski definition) is 9. The highest BCUT2D eigenvalue weighted by atomic mass is 19.4. The van der Waals surface area contributed by atoms with Gasteiger partial charge in [0.05, 0.1) is 20.3 Å². The highest BCUT2D eigenvalue weighted by Gasteiger charge is 2.33. The van der Waals surface area contributed by atoms with Gasteiger partial charge in [0.25, 0.3) is 5.91 Å². The molecule has 3 rings (SSSR count). The van der Waals surface area contributed by atoms with Crippen LogP contribution in [0.15, 0.2) is 46.0 Å². The van der Waals surface area contributed by atoms with Gasteiger partial charge in [0.1, 0.15) is 17.0 Å². The minimum atomic E-state index is -4.63. The van der Waals surface area contributed by atoms with Crippen LogP contribution in [0, 0.1) is 0 Å². The second-order valence-electron chi connectivity index (χ2n) is 8.60. The maximum Gasteiger partial charge on any atom is 0.433 e. The summed E-state index contributed by atoms with van der Waals surface area (Å²) in [6.45, 7) is 2.78. The smallest absolute Gasteiger partial charge is 0.433 e. The number of carbonyl (C=O) groups excluding carboxylic acids is 1. The SMILES string of the molecule is CCC(CCN(C)C(=O)c1nc(-c2ccc(OC)c3nc(C(F)(F)F)ccc23)oc1CN)NCN=C/C=C\N. The van der Waals surface area contributed by atoms with Gasteiger partial charge in [-0.15, -0.1) is 0 Å². The molecule has 1 unspecified atom stereocenters. The Labute approximate surface area is 223 Å². The standard InChI is InChI=1S/C26H32F3N7O3/c1-4-16(33-15-32-12-5-11-30)10-13-36(2)25(37)23-20(14-31)39-24(35-23)18-6-8-19(38-3)22-17(18)7-9-21(34-22)26(27,28)29/h5-9,11-12,16,33H,4,10,13-15,30-31H2,1-3H3/b11-5-,32-12?. The van der Waals surface area contributed by atoms with Gasteiger partial charge in [-0.05, 0) is 49.4 Å². The Balaban J connectivity index is 1.84. The zero-order valence-electron chi connectivity index (χ0n) is 22.0. The van der Waals surface area contributed by atoms with Crippen LogP contribution in [0.1, 0.15) is 41.7 Å². The Morgan fingerprint density at radius 2 is 2.05 bits per heavy atom. The molecule has 13 heteroatoms. The minimum absolute atomic E-state index is 0.0104. The predicted octanol–water partition coefficient (Wildman–Crippen LogP) is 3.71. The topological polar surface area (TPSA) is 145 Å². The van der Waals surface area contributed by atoms with E-state index in [0.29, 0.717) is 30.6 Å². The van der Waals surface area contributed by atoms with Crippen LogP contribution in [0.25, 0.3) is 22.4 Å². The molecule has 2 aromatic heterocycles. The van der Waals surface area contributed by atoms with Crippen LogP contribution in [0.4, 0.5) is 13.2 Å².